The first-order valence-corrected chi connectivity index (χ1v) is 10.1. The third-order valence-corrected chi connectivity index (χ3v) is 5.01. The zero-order valence-corrected chi connectivity index (χ0v) is 17.5. The standard InChI is InChI=1S/C20H33ClN4O2/c1-16(27-19-8-5-4-7-18(19)21)15-23-20(22-2)24-17-9-12-25(13-10-17)11-6-14-26-3/h4-5,7-8,16-17H,6,9-15H2,1-3H3,(H2,22,23,24). The quantitative estimate of drug-likeness (QED) is 0.382. The maximum absolute atomic E-state index is 6.15. The lowest BCUT2D eigenvalue weighted by Crippen LogP contribution is -2.50. The van der Waals surface area contributed by atoms with E-state index in [1.807, 2.05) is 31.2 Å². The zero-order valence-electron chi connectivity index (χ0n) is 16.7. The van der Waals surface area contributed by atoms with Crippen molar-refractivity contribution in [3.8, 4) is 5.75 Å². The second kappa shape index (κ2) is 12.1. The number of para-hydroxylation sites is 1. The fraction of sp³-hybridized carbons (Fsp3) is 0.650. The number of aliphatic imine (C=N–C) groups is 1. The molecule has 0 aliphatic carbocycles. The first-order chi connectivity index (χ1) is 13.1. The lowest BCUT2D eigenvalue weighted by molar-refractivity contribution is 0.155. The molecular formula is C20H33ClN4O2. The van der Waals surface area contributed by atoms with Crippen LogP contribution in [0.2, 0.25) is 5.02 Å². The highest BCUT2D eigenvalue weighted by molar-refractivity contribution is 6.32. The highest BCUT2D eigenvalue weighted by Crippen LogP contribution is 2.24. The van der Waals surface area contributed by atoms with Gasteiger partial charge in [0.05, 0.1) is 11.6 Å². The summed E-state index contributed by atoms with van der Waals surface area (Å²) < 4.78 is 11.0. The van der Waals surface area contributed by atoms with Gasteiger partial charge in [0, 0.05) is 46.4 Å². The normalized spacial score (nSPS) is 17.6. The number of guanidine groups is 1. The van der Waals surface area contributed by atoms with E-state index in [1.54, 1.807) is 14.2 Å². The molecule has 1 fully saturated rings. The van der Waals surface area contributed by atoms with Gasteiger partial charge in [-0.15, -0.1) is 0 Å². The minimum Gasteiger partial charge on any atom is -0.487 e. The van der Waals surface area contributed by atoms with Crippen LogP contribution in [0.5, 0.6) is 5.75 Å². The van der Waals surface area contributed by atoms with Gasteiger partial charge in [0.1, 0.15) is 11.9 Å². The highest BCUT2D eigenvalue weighted by Gasteiger charge is 2.19. The summed E-state index contributed by atoms with van der Waals surface area (Å²) in [7, 11) is 3.56. The number of hydrogen-bond donors (Lipinski definition) is 2. The molecule has 1 aliphatic heterocycles. The van der Waals surface area contributed by atoms with E-state index in [0.29, 0.717) is 23.4 Å². The number of nitrogens with one attached hydrogen (secondary N) is 2. The van der Waals surface area contributed by atoms with Crippen LogP contribution in [-0.4, -0.2) is 69.9 Å². The third kappa shape index (κ3) is 7.95. The molecule has 6 nitrogen and oxygen atoms in total. The Balaban J connectivity index is 1.68. The van der Waals surface area contributed by atoms with Crippen molar-refractivity contribution in [2.75, 3.05) is 46.9 Å². The molecule has 7 heteroatoms. The van der Waals surface area contributed by atoms with Gasteiger partial charge < -0.3 is 25.0 Å². The van der Waals surface area contributed by atoms with Gasteiger partial charge in [-0.2, -0.15) is 0 Å². The van der Waals surface area contributed by atoms with E-state index in [2.05, 4.69) is 20.5 Å². The van der Waals surface area contributed by atoms with Gasteiger partial charge in [-0.3, -0.25) is 4.99 Å². The molecule has 0 saturated carbocycles. The number of nitrogens with zero attached hydrogens (tertiary/aromatic N) is 2. The van der Waals surface area contributed by atoms with Crippen molar-refractivity contribution in [3.63, 3.8) is 0 Å². The Morgan fingerprint density at radius 3 is 2.74 bits per heavy atom. The molecule has 1 heterocycles. The Kier molecular flexibility index (Phi) is 9.73. The summed E-state index contributed by atoms with van der Waals surface area (Å²) >= 11 is 6.15. The molecule has 1 unspecified atom stereocenters. The zero-order chi connectivity index (χ0) is 19.5. The summed E-state index contributed by atoms with van der Waals surface area (Å²) in [5.74, 6) is 1.53. The predicted molar refractivity (Wildman–Crippen MR) is 112 cm³/mol. The Morgan fingerprint density at radius 2 is 2.07 bits per heavy atom. The second-order valence-corrected chi connectivity index (χ2v) is 7.33. The summed E-state index contributed by atoms with van der Waals surface area (Å²) in [6, 6.07) is 7.98. The van der Waals surface area contributed by atoms with Gasteiger partial charge in [-0.1, -0.05) is 23.7 Å². The van der Waals surface area contributed by atoms with Crippen LogP contribution >= 0.6 is 11.6 Å². The number of benzene rings is 1. The molecule has 0 spiro atoms. The summed E-state index contributed by atoms with van der Waals surface area (Å²) in [6.45, 7) is 6.85. The van der Waals surface area contributed by atoms with Crippen molar-refractivity contribution in [3.05, 3.63) is 29.3 Å². The van der Waals surface area contributed by atoms with Crippen LogP contribution in [0.1, 0.15) is 26.2 Å². The van der Waals surface area contributed by atoms with E-state index in [0.717, 1.165) is 51.5 Å². The Hall–Kier alpha value is -1.50. The maximum atomic E-state index is 6.15. The molecule has 0 radical (unpaired) electrons. The van der Waals surface area contributed by atoms with Crippen molar-refractivity contribution >= 4 is 17.6 Å². The van der Waals surface area contributed by atoms with Gasteiger partial charge in [0.25, 0.3) is 0 Å². The minimum atomic E-state index is -0.0221. The average molecular weight is 397 g/mol. The van der Waals surface area contributed by atoms with Crippen LogP contribution in [0, 0.1) is 0 Å². The van der Waals surface area contributed by atoms with Gasteiger partial charge in [-0.05, 0) is 38.3 Å². The number of halogens is 1. The van der Waals surface area contributed by atoms with Crippen LogP contribution in [0.3, 0.4) is 0 Å². The predicted octanol–water partition coefficient (Wildman–Crippen LogP) is 2.77. The smallest absolute Gasteiger partial charge is 0.191 e. The van der Waals surface area contributed by atoms with E-state index >= 15 is 0 Å². The van der Waals surface area contributed by atoms with Crippen molar-refractivity contribution in [1.29, 1.82) is 0 Å². The lowest BCUT2D eigenvalue weighted by Gasteiger charge is -2.33. The molecular weight excluding hydrogens is 364 g/mol. The first kappa shape index (κ1) is 21.8. The SMILES string of the molecule is CN=C(NCC(C)Oc1ccccc1Cl)NC1CCN(CCCOC)CC1. The molecule has 2 rings (SSSR count). The molecule has 1 aliphatic rings. The van der Waals surface area contributed by atoms with Crippen LogP contribution in [0.25, 0.3) is 0 Å². The number of likely N-dealkylation sites (tertiary alicyclic amines) is 1. The molecule has 0 bridgehead atoms. The molecule has 1 aromatic carbocycles. The van der Waals surface area contributed by atoms with Gasteiger partial charge in [-0.25, -0.2) is 0 Å². The van der Waals surface area contributed by atoms with E-state index in [4.69, 9.17) is 21.1 Å². The molecule has 2 N–H and O–H groups in total. The summed E-state index contributed by atoms with van der Waals surface area (Å²) in [5.41, 5.74) is 0. The summed E-state index contributed by atoms with van der Waals surface area (Å²) in [5, 5.41) is 7.51. The van der Waals surface area contributed by atoms with Crippen LogP contribution in [0.4, 0.5) is 0 Å². The lowest BCUT2D eigenvalue weighted by atomic mass is 10.1. The number of ether oxygens (including phenoxy) is 2. The minimum absolute atomic E-state index is 0.0221. The number of hydrogen-bond acceptors (Lipinski definition) is 4. The fourth-order valence-electron chi connectivity index (χ4n) is 3.16. The van der Waals surface area contributed by atoms with Gasteiger partial charge >= 0.3 is 0 Å². The van der Waals surface area contributed by atoms with E-state index in [1.165, 1.54) is 0 Å². The maximum Gasteiger partial charge on any atom is 0.191 e. The van der Waals surface area contributed by atoms with Crippen LogP contribution in [-0.2, 0) is 4.74 Å². The Labute approximate surface area is 168 Å². The van der Waals surface area contributed by atoms with Crippen molar-refractivity contribution in [2.24, 2.45) is 4.99 Å². The van der Waals surface area contributed by atoms with Crippen molar-refractivity contribution < 1.29 is 9.47 Å². The molecule has 1 aromatic rings. The molecule has 0 aromatic heterocycles. The molecule has 0 amide bonds. The largest absolute Gasteiger partial charge is 0.487 e. The Morgan fingerprint density at radius 1 is 1.33 bits per heavy atom. The first-order valence-electron chi connectivity index (χ1n) is 9.72. The van der Waals surface area contributed by atoms with Crippen LogP contribution < -0.4 is 15.4 Å². The van der Waals surface area contributed by atoms with E-state index in [9.17, 15) is 0 Å². The molecule has 152 valence electrons. The van der Waals surface area contributed by atoms with Gasteiger partial charge in [0.15, 0.2) is 5.96 Å². The van der Waals surface area contributed by atoms with Gasteiger partial charge in [0.2, 0.25) is 0 Å². The van der Waals surface area contributed by atoms with E-state index in [-0.39, 0.29) is 6.10 Å². The average Bonchev–Trinajstić information content (AvgIpc) is 2.68. The van der Waals surface area contributed by atoms with Crippen molar-refractivity contribution in [1.82, 2.24) is 15.5 Å². The molecule has 1 atom stereocenters. The Bertz CT molecular complexity index is 577. The fourth-order valence-corrected chi connectivity index (χ4v) is 3.34. The van der Waals surface area contributed by atoms with E-state index < -0.39 is 0 Å². The van der Waals surface area contributed by atoms with Crippen molar-refractivity contribution in [2.45, 2.75) is 38.3 Å². The summed E-state index contributed by atoms with van der Waals surface area (Å²) in [4.78, 5) is 6.85. The third-order valence-electron chi connectivity index (χ3n) is 4.70. The molecule has 27 heavy (non-hydrogen) atoms. The second-order valence-electron chi connectivity index (χ2n) is 6.92. The molecule has 1 saturated heterocycles. The summed E-state index contributed by atoms with van der Waals surface area (Å²) in [6.07, 6.45) is 3.32. The topological polar surface area (TPSA) is 58.1 Å². The number of piperidine rings is 1. The monoisotopic (exact) mass is 396 g/mol. The van der Waals surface area contributed by atoms with Crippen LogP contribution in [0.15, 0.2) is 29.3 Å². The number of rotatable bonds is 9. The number of methoxy groups -OCH3 is 1. The highest BCUT2D eigenvalue weighted by atomic mass is 35.5.